The summed E-state index contributed by atoms with van der Waals surface area (Å²) in [5.74, 6) is -15.4. The number of phenols is 3. The first-order valence-electron chi connectivity index (χ1n) is 39.8. The number of nitrogens with zero attached hydrogens (tertiary/aromatic N) is 2. The number of likely N-dealkylation sites (N-methyl/N-ethyl adjacent to an activating group) is 1. The predicted molar refractivity (Wildman–Crippen MR) is 444 cm³/mol. The van der Waals surface area contributed by atoms with E-state index >= 15 is 24.0 Å². The number of anilines is 1. The number of nitrogens with two attached hydrogens (primary N) is 1. The molecule has 1 aromatic heterocycles. The van der Waals surface area contributed by atoms with Gasteiger partial charge in [0, 0.05) is 54.5 Å². The average molecular weight is 1790 g/mol. The minimum Gasteiger partial charge on any atom is -0.508 e. The van der Waals surface area contributed by atoms with E-state index in [9.17, 15) is 69.9 Å². The second-order valence-electron chi connectivity index (χ2n) is 31.0. The third-order valence-corrected chi connectivity index (χ3v) is 22.2. The minimum absolute atomic E-state index is 0.0322. The van der Waals surface area contributed by atoms with Crippen LogP contribution in [-0.2, 0) is 68.7 Å². The third-order valence-electron chi connectivity index (χ3n) is 21.6. The lowest BCUT2D eigenvalue weighted by Gasteiger charge is -2.48. The first kappa shape index (κ1) is 93.0. The zero-order valence-electron chi connectivity index (χ0n) is 68.6. The Morgan fingerprint density at radius 1 is 0.738 bits per heavy atom. The Kier molecular flexibility index (Phi) is 29.6. The van der Waals surface area contributed by atoms with Crippen molar-refractivity contribution in [1.82, 2.24) is 57.6 Å². The van der Waals surface area contributed by atoms with Crippen LogP contribution in [0.1, 0.15) is 118 Å². The molecule has 40 nitrogen and oxygen atoms in total. The van der Waals surface area contributed by atoms with Gasteiger partial charge in [-0.3, -0.25) is 52.6 Å². The number of aromatic hydroxyl groups is 3. The smallest absolute Gasteiger partial charge is 0.349 e. The number of hydrogen-bond acceptors (Lipinski definition) is 30. The summed E-state index contributed by atoms with van der Waals surface area (Å²) < 4.78 is 46.1. The van der Waals surface area contributed by atoms with Crippen molar-refractivity contribution < 1.29 is 127 Å². The van der Waals surface area contributed by atoms with Gasteiger partial charge in [0.15, 0.2) is 23.9 Å². The van der Waals surface area contributed by atoms with Gasteiger partial charge in [-0.1, -0.05) is 67.4 Å². The molecule has 672 valence electrons. The summed E-state index contributed by atoms with van der Waals surface area (Å²) in [5.41, 5.74) is 3.75. The van der Waals surface area contributed by atoms with E-state index in [1.807, 2.05) is 20.8 Å². The topological polar surface area (TPSA) is 591 Å². The summed E-state index contributed by atoms with van der Waals surface area (Å²) in [5, 5.41) is 129. The molecule has 2 fully saturated rings. The Labute approximate surface area is 728 Å². The number of fused-ring (bicyclic) bond motifs is 15. The maximum absolute atomic E-state index is 16.3. The number of benzene rings is 6. The molecule has 0 saturated carbocycles. The average Bonchev–Trinajstić information content (AvgIpc) is 0.765. The summed E-state index contributed by atoms with van der Waals surface area (Å²) in [6, 6.07) is 8.01. The minimum atomic E-state index is -2.39. The highest BCUT2D eigenvalue weighted by Crippen LogP contribution is 2.50. The van der Waals surface area contributed by atoms with E-state index in [2.05, 4.69) is 58.3 Å². The van der Waals surface area contributed by atoms with Gasteiger partial charge in [-0.05, 0) is 152 Å². The van der Waals surface area contributed by atoms with Crippen LogP contribution in [0.3, 0.4) is 0 Å². The molecule has 14 rings (SSSR count). The van der Waals surface area contributed by atoms with Gasteiger partial charge in [0.25, 0.3) is 5.91 Å². The Hall–Kier alpha value is -12.1. The van der Waals surface area contributed by atoms with Crippen molar-refractivity contribution in [3.05, 3.63) is 175 Å². The number of halogens is 2. The number of hydrogen-bond donors (Lipinski definition) is 20. The van der Waals surface area contributed by atoms with E-state index in [-0.39, 0.29) is 60.1 Å². The number of carbonyl (C=O) groups is 9. The van der Waals surface area contributed by atoms with Gasteiger partial charge in [-0.15, -0.1) is 0 Å². The van der Waals surface area contributed by atoms with Crippen molar-refractivity contribution in [2.75, 3.05) is 39.2 Å². The van der Waals surface area contributed by atoms with E-state index in [1.165, 1.54) is 49.0 Å². The Morgan fingerprint density at radius 3 is 2.02 bits per heavy atom. The van der Waals surface area contributed by atoms with Crippen LogP contribution in [0.2, 0.25) is 10.0 Å². The number of aromatic nitrogens is 2. The predicted octanol–water partition coefficient (Wildman–Crippen LogP) is 1.64. The number of amides is 9. The number of nitrogens with one attached hydrogen (secondary N) is 10. The van der Waals surface area contributed by atoms with Crippen molar-refractivity contribution in [1.29, 1.82) is 0 Å². The molecule has 7 aromatic rings. The van der Waals surface area contributed by atoms with Crippen LogP contribution in [0.15, 0.2) is 126 Å². The number of phenolic OH excluding ortho intramolecular Hbond substituents is 3. The van der Waals surface area contributed by atoms with Gasteiger partial charge in [-0.25, -0.2) is 10.3 Å². The quantitative estimate of drug-likeness (QED) is 0.0320. The van der Waals surface area contributed by atoms with Crippen LogP contribution in [0.5, 0.6) is 51.7 Å². The summed E-state index contributed by atoms with van der Waals surface area (Å²) in [7, 11) is 2.50. The Bertz CT molecular complexity index is 5380. The normalized spacial score (nSPS) is 25.9. The van der Waals surface area contributed by atoms with Gasteiger partial charge in [0.05, 0.1) is 55.0 Å². The Morgan fingerprint density at radius 2 is 1.39 bits per heavy atom. The SMILES string of the molecule is CCOc1ccc(/C=C/C(=O)Nc2ccn(CCN[C@]3(C)CC(OC4C(Oc5c6cc7cc5Oc5ccc(cc5Cl)C(O)C5NC(=O)C(NC(=O)C7NC(=O)C(CC(N)=O)NC(=O)C(NC(=O)C(CC(C)C)NC)C(O)c7ccc(c(Cl)c7)O6)c6ccc(O)c(c6)-c6c(O)cc(O)cc6[C@H](C(=O)NOC)NC5=O)OC(CO)C(O)C4O)OC(C)C3O)c(=O)n2)cc1. The van der Waals surface area contributed by atoms with Crippen molar-refractivity contribution in [3.8, 4) is 62.9 Å². The molecule has 0 aliphatic carbocycles. The summed E-state index contributed by atoms with van der Waals surface area (Å²) in [6.45, 7) is 7.95. The third kappa shape index (κ3) is 21.2. The van der Waals surface area contributed by atoms with Crippen LogP contribution in [0, 0.1) is 5.92 Å². The van der Waals surface area contributed by atoms with E-state index in [4.69, 9.17) is 66.9 Å². The highest BCUT2D eigenvalue weighted by Gasteiger charge is 2.52. The van der Waals surface area contributed by atoms with E-state index in [0.717, 1.165) is 73.8 Å². The molecule has 0 radical (unpaired) electrons. The van der Waals surface area contributed by atoms with Crippen LogP contribution in [0.4, 0.5) is 5.82 Å². The number of ether oxygens (including phenoxy) is 7. The summed E-state index contributed by atoms with van der Waals surface area (Å²) >= 11 is 14.4. The van der Waals surface area contributed by atoms with Crippen molar-refractivity contribution in [2.24, 2.45) is 11.7 Å². The van der Waals surface area contributed by atoms with Gasteiger partial charge in [0.1, 0.15) is 107 Å². The van der Waals surface area contributed by atoms with Gasteiger partial charge < -0.3 is 133 Å². The van der Waals surface area contributed by atoms with Crippen LogP contribution in [-0.4, -0.2) is 222 Å². The zero-order chi connectivity index (χ0) is 91.0. The summed E-state index contributed by atoms with van der Waals surface area (Å²) in [6.07, 6.45) is -15.2. The molecule has 126 heavy (non-hydrogen) atoms. The molecule has 11 bridgehead atoms. The van der Waals surface area contributed by atoms with E-state index in [1.54, 1.807) is 37.3 Å². The number of aliphatic hydroxyl groups excluding tert-OH is 6. The van der Waals surface area contributed by atoms with Crippen LogP contribution >= 0.6 is 23.2 Å². The molecular formula is C84H95Cl2N13O27. The molecule has 42 heteroatoms. The lowest BCUT2D eigenvalue weighted by Crippen LogP contribution is -2.65. The van der Waals surface area contributed by atoms with Gasteiger partial charge in [-0.2, -0.15) is 4.98 Å². The molecule has 6 aromatic carbocycles. The van der Waals surface area contributed by atoms with Gasteiger partial charge in [0.2, 0.25) is 59.3 Å². The second kappa shape index (κ2) is 40.0. The molecule has 7 aliphatic rings. The highest BCUT2D eigenvalue weighted by atomic mass is 35.5. The summed E-state index contributed by atoms with van der Waals surface area (Å²) in [4.78, 5) is 155. The lowest BCUT2D eigenvalue weighted by atomic mass is 9.85. The molecule has 7 aliphatic heterocycles. The highest BCUT2D eigenvalue weighted by molar-refractivity contribution is 6.32. The standard InChI is InChI=1S/C84H95Cl2N13O27/c1-8-120-44-15-9-38(10-16-44)11-20-60(105)91-59-21-23-99(83(118)92-59)24-22-89-84(5)34-61(121-37(4)74(84)110)125-73-71(109)70(108)57(35-100)124-82(73)126-72-55-29-42-30-56(72)123-54-19-14-41(28-48(54)86)69(107)67-80(116)95-65(81(117)98-119-7)46-31-43(101)32-52(103)62(46)45-26-39(12-17-51(45)102)63(77(113)97-67)94-78(114)64(42)93-76(112)50(33-58(87)104)90-79(115)66(96-75(111)49(88-6)25-36(2)3)68(106)40-13-18-53(122-55)47(85)27-40/h9-21,23,26-32,36-37,49-50,57,61,63-71,73-74,82,88-89,100-103,106-110H,8,22,24-25,33-35H2,1-7H3,(H2,87,104)(H,90,115)(H,93,112)(H,94,114)(H,95,116)(H,96,111)(H,97,113)(H,98,117)(H,91,92,105,118)/b20-11+/t37?,49?,50?,57?,61?,63?,64?,65-,66?,67?,68?,69?,70?,71?,73?,74?,82?,84-/m1/s1. The fourth-order valence-electron chi connectivity index (χ4n) is 15.1. The first-order valence-corrected chi connectivity index (χ1v) is 40.5. The fraction of sp³-hybridized carbons (Fsp3) is 0.393. The van der Waals surface area contributed by atoms with Crippen molar-refractivity contribution in [2.45, 2.75) is 170 Å². The number of rotatable bonds is 23. The monoisotopic (exact) mass is 1790 g/mol. The molecule has 9 amide bonds. The van der Waals surface area contributed by atoms with E-state index < -0.39 is 254 Å². The maximum atomic E-state index is 16.3. The van der Waals surface area contributed by atoms with Crippen molar-refractivity contribution >= 4 is 88.3 Å². The molecule has 2 saturated heterocycles. The first-order chi connectivity index (χ1) is 60.0. The largest absolute Gasteiger partial charge is 0.508 e. The Balaban J connectivity index is 0.983. The number of hydroxylamine groups is 1. The molecular weight excluding hydrogens is 1690 g/mol. The molecule has 21 N–H and O–H groups in total. The van der Waals surface area contributed by atoms with Gasteiger partial charge >= 0.3 is 5.69 Å². The number of carbonyl (C=O) groups excluding carboxylic acids is 9. The molecule has 8 heterocycles. The van der Waals surface area contributed by atoms with Crippen LogP contribution in [0.25, 0.3) is 17.2 Å². The fourth-order valence-corrected chi connectivity index (χ4v) is 15.6. The lowest BCUT2D eigenvalue weighted by molar-refractivity contribution is -0.334. The van der Waals surface area contributed by atoms with Crippen molar-refractivity contribution in [3.63, 3.8) is 0 Å². The van der Waals surface area contributed by atoms with E-state index in [0.29, 0.717) is 17.9 Å². The molecule has 16 unspecified atom stereocenters. The maximum Gasteiger partial charge on any atom is 0.349 e. The van der Waals surface area contributed by atoms with Crippen LogP contribution < -0.4 is 83.7 Å². The second-order valence-corrected chi connectivity index (χ2v) is 31.8. The number of primary amides is 1. The molecule has 0 spiro atoms. The molecule has 18 atom stereocenters. The number of aliphatic hydroxyl groups is 6. The zero-order valence-corrected chi connectivity index (χ0v) is 70.1.